The number of nitrogens with zero attached hydrogens (tertiary/aromatic N) is 2. The molecule has 1 heterocycles. The van der Waals surface area contributed by atoms with Crippen LogP contribution in [0.4, 0.5) is 0 Å². The van der Waals surface area contributed by atoms with Crippen molar-refractivity contribution in [3.63, 3.8) is 0 Å². The average molecular weight is 298 g/mol. The Bertz CT molecular complexity index is 361. The van der Waals surface area contributed by atoms with E-state index in [0.29, 0.717) is 19.1 Å². The number of piperidine rings is 1. The Morgan fingerprint density at radius 2 is 1.86 bits per heavy atom. The Morgan fingerprint density at radius 3 is 2.38 bits per heavy atom. The van der Waals surface area contributed by atoms with E-state index in [-0.39, 0.29) is 5.78 Å². The van der Waals surface area contributed by atoms with Crippen molar-refractivity contribution in [2.45, 2.75) is 33.6 Å². The zero-order valence-electron chi connectivity index (χ0n) is 14.1. The van der Waals surface area contributed by atoms with Gasteiger partial charge >= 0.3 is 5.97 Å². The first kappa shape index (κ1) is 18.1. The first-order valence-corrected chi connectivity index (χ1v) is 7.85. The molecule has 1 aliphatic heterocycles. The number of hydrogen-bond acceptors (Lipinski definition) is 5. The number of ether oxygens (including phenoxy) is 1. The highest BCUT2D eigenvalue weighted by Gasteiger charge is 2.37. The van der Waals surface area contributed by atoms with Crippen molar-refractivity contribution in [2.24, 2.45) is 11.3 Å². The summed E-state index contributed by atoms with van der Waals surface area (Å²) in [5, 5.41) is 0. The second kappa shape index (κ2) is 7.90. The van der Waals surface area contributed by atoms with Gasteiger partial charge in [0.25, 0.3) is 0 Å². The van der Waals surface area contributed by atoms with Gasteiger partial charge in [-0.1, -0.05) is 0 Å². The Balaban J connectivity index is 2.44. The van der Waals surface area contributed by atoms with Gasteiger partial charge in [-0.15, -0.1) is 0 Å². The lowest BCUT2D eigenvalue weighted by atomic mass is 9.87. The maximum Gasteiger partial charge on any atom is 0.319 e. The summed E-state index contributed by atoms with van der Waals surface area (Å²) in [6.07, 6.45) is 2.35. The van der Waals surface area contributed by atoms with E-state index in [9.17, 15) is 9.59 Å². The fourth-order valence-electron chi connectivity index (χ4n) is 2.62. The number of carbonyl (C=O) groups excluding carboxylic acids is 2. The van der Waals surface area contributed by atoms with Gasteiger partial charge in [0.1, 0.15) is 5.41 Å². The summed E-state index contributed by atoms with van der Waals surface area (Å²) in [5.41, 5.74) is -1.06. The van der Waals surface area contributed by atoms with Gasteiger partial charge in [-0.2, -0.15) is 0 Å². The molecule has 0 bridgehead atoms. The fourth-order valence-corrected chi connectivity index (χ4v) is 2.62. The molecule has 0 spiro atoms. The van der Waals surface area contributed by atoms with Crippen LogP contribution in [-0.4, -0.2) is 68.4 Å². The second-order valence-corrected chi connectivity index (χ2v) is 6.71. The maximum absolute atomic E-state index is 12.3. The Kier molecular flexibility index (Phi) is 6.81. The van der Waals surface area contributed by atoms with Crippen molar-refractivity contribution in [3.8, 4) is 0 Å². The van der Waals surface area contributed by atoms with Gasteiger partial charge in [-0.3, -0.25) is 14.5 Å². The van der Waals surface area contributed by atoms with Crippen molar-refractivity contribution in [3.05, 3.63) is 0 Å². The van der Waals surface area contributed by atoms with E-state index in [1.807, 2.05) is 11.9 Å². The zero-order valence-corrected chi connectivity index (χ0v) is 14.1. The third kappa shape index (κ3) is 5.40. The molecule has 0 amide bonds. The lowest BCUT2D eigenvalue weighted by molar-refractivity contribution is -0.158. The summed E-state index contributed by atoms with van der Waals surface area (Å²) in [5.74, 6) is 0.142. The molecule has 1 rings (SSSR count). The van der Waals surface area contributed by atoms with E-state index in [1.165, 1.54) is 12.8 Å². The molecule has 21 heavy (non-hydrogen) atoms. The molecule has 5 nitrogen and oxygen atoms in total. The number of esters is 1. The molecule has 0 aliphatic carbocycles. The highest BCUT2D eigenvalue weighted by molar-refractivity contribution is 6.03. The van der Waals surface area contributed by atoms with Crippen LogP contribution in [0.25, 0.3) is 0 Å². The zero-order chi connectivity index (χ0) is 16.0. The largest absolute Gasteiger partial charge is 0.465 e. The van der Waals surface area contributed by atoms with Crippen LogP contribution in [0.5, 0.6) is 0 Å². The molecule has 0 atom stereocenters. The highest BCUT2D eigenvalue weighted by Crippen LogP contribution is 2.21. The second-order valence-electron chi connectivity index (χ2n) is 6.71. The van der Waals surface area contributed by atoms with E-state index in [2.05, 4.69) is 11.9 Å². The first-order chi connectivity index (χ1) is 9.77. The maximum atomic E-state index is 12.3. The number of carbonyl (C=O) groups is 2. The number of likely N-dealkylation sites (tertiary alicyclic amines) is 1. The van der Waals surface area contributed by atoms with Gasteiger partial charge in [-0.05, 0) is 66.7 Å². The van der Waals surface area contributed by atoms with E-state index >= 15 is 0 Å². The highest BCUT2D eigenvalue weighted by atomic mass is 16.5. The minimum absolute atomic E-state index is 0.0728. The number of hydrogen-bond donors (Lipinski definition) is 0. The third-order valence-corrected chi connectivity index (χ3v) is 4.30. The van der Waals surface area contributed by atoms with Crippen LogP contribution < -0.4 is 0 Å². The Morgan fingerprint density at radius 1 is 1.29 bits per heavy atom. The molecule has 0 radical (unpaired) electrons. The normalized spacial score (nSPS) is 18.0. The quantitative estimate of drug-likeness (QED) is 0.525. The van der Waals surface area contributed by atoms with E-state index < -0.39 is 11.4 Å². The molecule has 0 aromatic heterocycles. The molecule has 1 aliphatic rings. The third-order valence-electron chi connectivity index (χ3n) is 4.30. The molecule has 5 heteroatoms. The van der Waals surface area contributed by atoms with Crippen molar-refractivity contribution < 1.29 is 14.3 Å². The van der Waals surface area contributed by atoms with Crippen molar-refractivity contribution >= 4 is 11.8 Å². The minimum atomic E-state index is -1.06. The first-order valence-electron chi connectivity index (χ1n) is 7.85. The van der Waals surface area contributed by atoms with Crippen LogP contribution in [0.15, 0.2) is 0 Å². The van der Waals surface area contributed by atoms with Crippen molar-refractivity contribution in [1.82, 2.24) is 9.80 Å². The summed E-state index contributed by atoms with van der Waals surface area (Å²) in [4.78, 5) is 28.6. The summed E-state index contributed by atoms with van der Waals surface area (Å²) in [6.45, 7) is 8.83. The Hall–Kier alpha value is -0.940. The van der Waals surface area contributed by atoms with Crippen LogP contribution in [0.3, 0.4) is 0 Å². The summed E-state index contributed by atoms with van der Waals surface area (Å²) < 4.78 is 4.99. The topological polar surface area (TPSA) is 49.9 Å². The molecule has 1 fully saturated rings. The van der Waals surface area contributed by atoms with Crippen molar-refractivity contribution in [2.75, 3.05) is 46.9 Å². The molecule has 0 N–H and O–H groups in total. The van der Waals surface area contributed by atoms with Gasteiger partial charge < -0.3 is 9.64 Å². The summed E-state index contributed by atoms with van der Waals surface area (Å²) in [6, 6.07) is 0. The van der Waals surface area contributed by atoms with Gasteiger partial charge in [0, 0.05) is 6.54 Å². The molecular formula is C16H30N2O3. The standard InChI is InChI=1S/C16H30N2O3/c1-6-21-15(20)16(2,3)14(19)12-18(5)11-13-7-9-17(4)10-8-13/h13H,6-12H2,1-5H3. The molecular weight excluding hydrogens is 268 g/mol. The van der Waals surface area contributed by atoms with E-state index in [4.69, 9.17) is 4.74 Å². The van der Waals surface area contributed by atoms with Crippen LogP contribution in [0.1, 0.15) is 33.6 Å². The van der Waals surface area contributed by atoms with Crippen LogP contribution >= 0.6 is 0 Å². The summed E-state index contributed by atoms with van der Waals surface area (Å²) >= 11 is 0. The van der Waals surface area contributed by atoms with Crippen molar-refractivity contribution in [1.29, 1.82) is 0 Å². The van der Waals surface area contributed by atoms with Crippen LogP contribution in [0.2, 0.25) is 0 Å². The predicted molar refractivity (Wildman–Crippen MR) is 83.1 cm³/mol. The molecule has 122 valence electrons. The number of likely N-dealkylation sites (N-methyl/N-ethyl adjacent to an activating group) is 1. The lowest BCUT2D eigenvalue weighted by Gasteiger charge is -2.32. The SMILES string of the molecule is CCOC(=O)C(C)(C)C(=O)CN(C)CC1CCN(C)CC1. The lowest BCUT2D eigenvalue weighted by Crippen LogP contribution is -2.43. The van der Waals surface area contributed by atoms with Crippen LogP contribution in [-0.2, 0) is 14.3 Å². The van der Waals surface area contributed by atoms with Gasteiger partial charge in [0.2, 0.25) is 0 Å². The molecule has 0 aromatic carbocycles. The molecule has 0 unspecified atom stereocenters. The molecule has 0 saturated carbocycles. The number of Topliss-reactive ketones (excluding diaryl/α,β-unsaturated/α-hetero) is 1. The van der Waals surface area contributed by atoms with Gasteiger partial charge in [0.15, 0.2) is 5.78 Å². The fraction of sp³-hybridized carbons (Fsp3) is 0.875. The van der Waals surface area contributed by atoms with Gasteiger partial charge in [0.05, 0.1) is 13.2 Å². The van der Waals surface area contributed by atoms with E-state index in [1.54, 1.807) is 20.8 Å². The smallest absolute Gasteiger partial charge is 0.319 e. The van der Waals surface area contributed by atoms with Crippen LogP contribution in [0, 0.1) is 11.3 Å². The van der Waals surface area contributed by atoms with E-state index in [0.717, 1.165) is 19.6 Å². The average Bonchev–Trinajstić information content (AvgIpc) is 2.41. The molecule has 0 aromatic rings. The molecule has 1 saturated heterocycles. The number of rotatable bonds is 7. The summed E-state index contributed by atoms with van der Waals surface area (Å²) in [7, 11) is 4.10. The number of ketones is 1. The monoisotopic (exact) mass is 298 g/mol. The minimum Gasteiger partial charge on any atom is -0.465 e. The predicted octanol–water partition coefficient (Wildman–Crippen LogP) is 1.42. The Labute approximate surface area is 128 Å². The van der Waals surface area contributed by atoms with Gasteiger partial charge in [-0.25, -0.2) is 0 Å².